The van der Waals surface area contributed by atoms with E-state index in [1.54, 1.807) is 26.1 Å². The quantitative estimate of drug-likeness (QED) is 0.916. The zero-order valence-corrected chi connectivity index (χ0v) is 11.2. The molecule has 0 bridgehead atoms. The highest BCUT2D eigenvalue weighted by atomic mass is 16.3. The summed E-state index contributed by atoms with van der Waals surface area (Å²) in [6.07, 6.45) is 0. The van der Waals surface area contributed by atoms with Gasteiger partial charge in [0.1, 0.15) is 17.1 Å². The van der Waals surface area contributed by atoms with Crippen LogP contribution in [0.5, 0.6) is 0 Å². The van der Waals surface area contributed by atoms with Gasteiger partial charge in [-0.05, 0) is 38.1 Å². The Balaban J connectivity index is 2.17. The molecule has 0 aliphatic heterocycles. The Morgan fingerprint density at radius 1 is 1.26 bits per heavy atom. The van der Waals surface area contributed by atoms with Crippen molar-refractivity contribution < 1.29 is 9.21 Å². The predicted octanol–water partition coefficient (Wildman–Crippen LogP) is 1.86. The summed E-state index contributed by atoms with van der Waals surface area (Å²) in [6.45, 7) is 3.95. The molecular formula is C14H16N2O3. The van der Waals surface area contributed by atoms with Crippen molar-refractivity contribution in [1.82, 2.24) is 9.88 Å². The molecule has 2 aromatic heterocycles. The molecule has 0 aliphatic carbocycles. The summed E-state index contributed by atoms with van der Waals surface area (Å²) in [6, 6.07) is 6.91. The molecule has 1 amide bonds. The lowest BCUT2D eigenvalue weighted by atomic mass is 10.2. The largest absolute Gasteiger partial charge is 0.464 e. The molecule has 0 aromatic carbocycles. The second kappa shape index (κ2) is 5.14. The summed E-state index contributed by atoms with van der Waals surface area (Å²) in [7, 11) is 1.64. The zero-order valence-electron chi connectivity index (χ0n) is 11.2. The van der Waals surface area contributed by atoms with Gasteiger partial charge >= 0.3 is 0 Å². The molecule has 0 spiro atoms. The summed E-state index contributed by atoms with van der Waals surface area (Å²) in [5, 5.41) is 0. The number of pyridine rings is 1. The van der Waals surface area contributed by atoms with Crippen LogP contribution in [0.2, 0.25) is 0 Å². The minimum Gasteiger partial charge on any atom is -0.464 e. The third-order valence-corrected chi connectivity index (χ3v) is 2.82. The Morgan fingerprint density at radius 2 is 2.00 bits per heavy atom. The molecule has 2 heterocycles. The number of carbonyl (C=O) groups excluding carboxylic acids is 1. The van der Waals surface area contributed by atoms with E-state index in [0.29, 0.717) is 12.3 Å². The van der Waals surface area contributed by atoms with Gasteiger partial charge in [0.25, 0.3) is 11.5 Å². The van der Waals surface area contributed by atoms with E-state index in [0.717, 1.165) is 11.5 Å². The first-order valence-corrected chi connectivity index (χ1v) is 5.98. The van der Waals surface area contributed by atoms with Gasteiger partial charge in [-0.25, -0.2) is 0 Å². The first-order valence-electron chi connectivity index (χ1n) is 5.98. The molecule has 19 heavy (non-hydrogen) atoms. The fourth-order valence-electron chi connectivity index (χ4n) is 1.82. The number of rotatable bonds is 3. The second-order valence-corrected chi connectivity index (χ2v) is 4.56. The molecular weight excluding hydrogens is 244 g/mol. The molecule has 5 nitrogen and oxygen atoms in total. The normalized spacial score (nSPS) is 10.5. The zero-order chi connectivity index (χ0) is 14.0. The summed E-state index contributed by atoms with van der Waals surface area (Å²) in [4.78, 5) is 27.9. The standard InChI is InChI=1S/C14H16N2O3/c1-9-4-7-12(13(17)15-9)14(18)16(3)8-11-6-5-10(2)19-11/h4-7H,8H2,1-3H3,(H,15,17). The van der Waals surface area contributed by atoms with Crippen LogP contribution in [0.15, 0.2) is 33.5 Å². The number of nitrogens with zero attached hydrogens (tertiary/aromatic N) is 1. The number of carbonyl (C=O) groups is 1. The third-order valence-electron chi connectivity index (χ3n) is 2.82. The predicted molar refractivity (Wildman–Crippen MR) is 71.0 cm³/mol. The van der Waals surface area contributed by atoms with Crippen LogP contribution in [0, 0.1) is 13.8 Å². The Bertz CT molecular complexity index is 655. The molecule has 0 unspecified atom stereocenters. The maximum Gasteiger partial charge on any atom is 0.260 e. The Morgan fingerprint density at radius 3 is 2.58 bits per heavy atom. The van der Waals surface area contributed by atoms with Gasteiger partial charge < -0.3 is 14.3 Å². The number of furan rings is 1. The first-order chi connectivity index (χ1) is 8.97. The van der Waals surface area contributed by atoms with Gasteiger partial charge in [-0.3, -0.25) is 9.59 Å². The van der Waals surface area contributed by atoms with Crippen molar-refractivity contribution in [3.8, 4) is 0 Å². The van der Waals surface area contributed by atoms with Gasteiger partial charge in [0.15, 0.2) is 0 Å². The highest BCUT2D eigenvalue weighted by Crippen LogP contribution is 2.10. The molecule has 0 saturated heterocycles. The third kappa shape index (κ3) is 2.93. The molecule has 100 valence electrons. The van der Waals surface area contributed by atoms with Crippen LogP contribution in [0.1, 0.15) is 27.6 Å². The van der Waals surface area contributed by atoms with Crippen LogP contribution in [-0.4, -0.2) is 22.8 Å². The molecule has 0 saturated carbocycles. The molecule has 0 fully saturated rings. The van der Waals surface area contributed by atoms with Crippen molar-refractivity contribution in [2.75, 3.05) is 7.05 Å². The van der Waals surface area contributed by atoms with Crippen molar-refractivity contribution >= 4 is 5.91 Å². The smallest absolute Gasteiger partial charge is 0.260 e. The van der Waals surface area contributed by atoms with Crippen molar-refractivity contribution in [2.45, 2.75) is 20.4 Å². The van der Waals surface area contributed by atoms with E-state index in [1.807, 2.05) is 19.1 Å². The van der Waals surface area contributed by atoms with E-state index in [1.165, 1.54) is 4.90 Å². The Labute approximate surface area is 110 Å². The van der Waals surface area contributed by atoms with Gasteiger partial charge in [0.2, 0.25) is 0 Å². The van der Waals surface area contributed by atoms with Gasteiger partial charge in [-0.2, -0.15) is 0 Å². The minimum atomic E-state index is -0.368. The van der Waals surface area contributed by atoms with E-state index in [2.05, 4.69) is 4.98 Å². The first kappa shape index (κ1) is 13.1. The minimum absolute atomic E-state index is 0.136. The summed E-state index contributed by atoms with van der Waals surface area (Å²) < 4.78 is 5.41. The van der Waals surface area contributed by atoms with Crippen LogP contribution in [-0.2, 0) is 6.54 Å². The Hall–Kier alpha value is -2.30. The van der Waals surface area contributed by atoms with E-state index < -0.39 is 0 Å². The fourth-order valence-corrected chi connectivity index (χ4v) is 1.82. The van der Waals surface area contributed by atoms with Crippen LogP contribution >= 0.6 is 0 Å². The summed E-state index contributed by atoms with van der Waals surface area (Å²) >= 11 is 0. The number of amides is 1. The number of aromatic amines is 1. The summed E-state index contributed by atoms with van der Waals surface area (Å²) in [5.41, 5.74) is 0.495. The lowest BCUT2D eigenvalue weighted by Crippen LogP contribution is -2.31. The maximum atomic E-state index is 12.2. The van der Waals surface area contributed by atoms with Crippen molar-refractivity contribution in [1.29, 1.82) is 0 Å². The van der Waals surface area contributed by atoms with Crippen LogP contribution in [0.4, 0.5) is 0 Å². The van der Waals surface area contributed by atoms with Crippen molar-refractivity contribution in [3.05, 3.63) is 57.4 Å². The molecule has 5 heteroatoms. The van der Waals surface area contributed by atoms with E-state index in [9.17, 15) is 9.59 Å². The van der Waals surface area contributed by atoms with Gasteiger partial charge in [-0.15, -0.1) is 0 Å². The average molecular weight is 260 g/mol. The number of aromatic nitrogens is 1. The number of hydrogen-bond donors (Lipinski definition) is 1. The number of hydrogen-bond acceptors (Lipinski definition) is 3. The average Bonchev–Trinajstić information content (AvgIpc) is 2.74. The second-order valence-electron chi connectivity index (χ2n) is 4.56. The molecule has 0 atom stereocenters. The van der Waals surface area contributed by atoms with Gasteiger partial charge in [0, 0.05) is 12.7 Å². The van der Waals surface area contributed by atoms with E-state index >= 15 is 0 Å². The van der Waals surface area contributed by atoms with Crippen LogP contribution < -0.4 is 5.56 Å². The van der Waals surface area contributed by atoms with Crippen molar-refractivity contribution in [2.24, 2.45) is 0 Å². The molecule has 0 aliphatic rings. The van der Waals surface area contributed by atoms with Crippen LogP contribution in [0.25, 0.3) is 0 Å². The monoisotopic (exact) mass is 260 g/mol. The highest BCUT2D eigenvalue weighted by molar-refractivity contribution is 5.93. The SMILES string of the molecule is Cc1ccc(C(=O)N(C)Cc2ccc(C)o2)c(=O)[nH]1. The van der Waals surface area contributed by atoms with Crippen molar-refractivity contribution in [3.63, 3.8) is 0 Å². The molecule has 2 aromatic rings. The highest BCUT2D eigenvalue weighted by Gasteiger charge is 2.16. The fraction of sp³-hybridized carbons (Fsp3) is 0.286. The Kier molecular flexibility index (Phi) is 3.55. The summed E-state index contributed by atoms with van der Waals surface area (Å²) in [5.74, 6) is 1.16. The van der Waals surface area contributed by atoms with Gasteiger partial charge in [-0.1, -0.05) is 0 Å². The molecule has 0 radical (unpaired) electrons. The maximum absolute atomic E-state index is 12.2. The lowest BCUT2D eigenvalue weighted by molar-refractivity contribution is 0.0773. The lowest BCUT2D eigenvalue weighted by Gasteiger charge is -2.15. The van der Waals surface area contributed by atoms with E-state index in [-0.39, 0.29) is 17.0 Å². The van der Waals surface area contributed by atoms with E-state index in [4.69, 9.17) is 4.42 Å². The number of aryl methyl sites for hydroxylation is 2. The topological polar surface area (TPSA) is 66.3 Å². The number of nitrogens with one attached hydrogen (secondary N) is 1. The van der Waals surface area contributed by atoms with Gasteiger partial charge in [0.05, 0.1) is 6.54 Å². The molecule has 2 rings (SSSR count). The molecule has 1 N–H and O–H groups in total. The van der Waals surface area contributed by atoms with Crippen LogP contribution in [0.3, 0.4) is 0 Å². The number of H-pyrrole nitrogens is 1.